The van der Waals surface area contributed by atoms with E-state index in [4.69, 9.17) is 16.6 Å². The normalized spacial score (nSPS) is 11.6. The summed E-state index contributed by atoms with van der Waals surface area (Å²) in [5.41, 5.74) is 3.96. The van der Waals surface area contributed by atoms with Crippen LogP contribution in [0.25, 0.3) is 10.2 Å². The third-order valence-corrected chi connectivity index (χ3v) is 8.81. The van der Waals surface area contributed by atoms with Crippen molar-refractivity contribution in [2.75, 3.05) is 10.7 Å². The van der Waals surface area contributed by atoms with E-state index < -0.39 is 9.84 Å². The predicted molar refractivity (Wildman–Crippen MR) is 137 cm³/mol. The maximum absolute atomic E-state index is 13.3. The number of carbonyl (C=O) groups is 1. The number of anilines is 1. The lowest BCUT2D eigenvalue weighted by molar-refractivity contribution is -0.118. The molecule has 2 heterocycles. The van der Waals surface area contributed by atoms with Gasteiger partial charge in [0.2, 0.25) is 5.91 Å². The molecule has 1 amide bonds. The predicted octanol–water partition coefficient (Wildman–Crippen LogP) is 5.75. The maximum atomic E-state index is 13.3. The second-order valence-electron chi connectivity index (χ2n) is 8.09. The lowest BCUT2D eigenvalue weighted by Gasteiger charge is -2.20. The third-order valence-electron chi connectivity index (χ3n) is 5.53. The summed E-state index contributed by atoms with van der Waals surface area (Å²) in [4.78, 5) is 24.0. The Hall–Kier alpha value is -2.81. The van der Waals surface area contributed by atoms with E-state index in [0.29, 0.717) is 16.7 Å². The molecule has 0 unspecified atom stereocenters. The van der Waals surface area contributed by atoms with Gasteiger partial charge in [-0.2, -0.15) is 0 Å². The molecule has 34 heavy (non-hydrogen) atoms. The molecule has 0 aliphatic rings. The van der Waals surface area contributed by atoms with Crippen LogP contribution in [0.4, 0.5) is 5.13 Å². The standard InChI is InChI=1S/C25H24ClN3O3S2/c1-17-5-6-18(2)24-23(17)28-25(33-24)29(16-19-11-13-27-14-12-19)22(30)4-3-15-34(31,32)21-9-7-20(26)8-10-21/h5-14H,3-4,15-16H2,1-2H3. The van der Waals surface area contributed by atoms with Crippen LogP contribution in [-0.2, 0) is 21.2 Å². The molecule has 0 N–H and O–H groups in total. The number of carbonyl (C=O) groups excluding carboxylic acids is 1. The minimum atomic E-state index is -3.50. The molecule has 0 spiro atoms. The van der Waals surface area contributed by atoms with Gasteiger partial charge < -0.3 is 0 Å². The molecule has 0 saturated heterocycles. The molecule has 0 radical (unpaired) electrons. The Balaban J connectivity index is 1.55. The number of aromatic nitrogens is 2. The molecule has 0 fully saturated rings. The van der Waals surface area contributed by atoms with Crippen LogP contribution in [-0.4, -0.2) is 30.0 Å². The van der Waals surface area contributed by atoms with Gasteiger partial charge >= 0.3 is 0 Å². The van der Waals surface area contributed by atoms with Gasteiger partial charge in [0.25, 0.3) is 0 Å². The van der Waals surface area contributed by atoms with Crippen LogP contribution in [0, 0.1) is 13.8 Å². The fraction of sp³-hybridized carbons (Fsp3) is 0.240. The topological polar surface area (TPSA) is 80.2 Å². The van der Waals surface area contributed by atoms with E-state index in [9.17, 15) is 13.2 Å². The van der Waals surface area contributed by atoms with Crippen LogP contribution in [0.1, 0.15) is 29.5 Å². The number of hydrogen-bond acceptors (Lipinski definition) is 6. The maximum Gasteiger partial charge on any atom is 0.229 e. The molecule has 9 heteroatoms. The number of thiazole rings is 1. The number of halogens is 1. The highest BCUT2D eigenvalue weighted by Gasteiger charge is 2.22. The van der Waals surface area contributed by atoms with Crippen LogP contribution < -0.4 is 4.90 Å². The second-order valence-corrected chi connectivity index (χ2v) is 11.6. The van der Waals surface area contributed by atoms with Crippen LogP contribution in [0.15, 0.2) is 65.8 Å². The molecule has 0 saturated carbocycles. The Morgan fingerprint density at radius 3 is 2.35 bits per heavy atom. The van der Waals surface area contributed by atoms with E-state index in [1.165, 1.54) is 23.5 Å². The van der Waals surface area contributed by atoms with E-state index in [1.54, 1.807) is 29.4 Å². The molecule has 0 bridgehead atoms. The number of rotatable bonds is 8. The molecule has 176 valence electrons. The lowest BCUT2D eigenvalue weighted by Crippen LogP contribution is -2.30. The van der Waals surface area contributed by atoms with Crippen molar-refractivity contribution in [2.45, 2.75) is 38.1 Å². The molecular formula is C25H24ClN3O3S2. The monoisotopic (exact) mass is 513 g/mol. The molecule has 4 aromatic rings. The van der Waals surface area contributed by atoms with Crippen molar-refractivity contribution < 1.29 is 13.2 Å². The van der Waals surface area contributed by atoms with Gasteiger partial charge in [-0.3, -0.25) is 14.7 Å². The summed E-state index contributed by atoms with van der Waals surface area (Å²) >= 11 is 7.34. The third kappa shape index (κ3) is 5.46. The Morgan fingerprint density at radius 1 is 1.00 bits per heavy atom. The van der Waals surface area contributed by atoms with Gasteiger partial charge in [-0.05, 0) is 73.4 Å². The average molecular weight is 514 g/mol. The summed E-state index contributed by atoms with van der Waals surface area (Å²) in [7, 11) is -3.50. The van der Waals surface area contributed by atoms with Crippen LogP contribution in [0.3, 0.4) is 0 Å². The minimum Gasteiger partial charge on any atom is -0.284 e. The largest absolute Gasteiger partial charge is 0.284 e. The van der Waals surface area contributed by atoms with Gasteiger partial charge in [-0.25, -0.2) is 13.4 Å². The number of pyridine rings is 1. The Morgan fingerprint density at radius 2 is 1.68 bits per heavy atom. The molecular weight excluding hydrogens is 490 g/mol. The zero-order valence-electron chi connectivity index (χ0n) is 18.9. The summed E-state index contributed by atoms with van der Waals surface area (Å²) in [6, 6.07) is 13.9. The lowest BCUT2D eigenvalue weighted by atomic mass is 10.1. The highest BCUT2D eigenvalue weighted by molar-refractivity contribution is 7.91. The van der Waals surface area contributed by atoms with Gasteiger partial charge in [0.15, 0.2) is 15.0 Å². The number of fused-ring (bicyclic) bond motifs is 1. The number of benzene rings is 2. The molecule has 0 atom stereocenters. The molecule has 0 aliphatic carbocycles. The van der Waals surface area contributed by atoms with E-state index >= 15 is 0 Å². The fourth-order valence-electron chi connectivity index (χ4n) is 3.60. The first kappa shape index (κ1) is 24.3. The Kier molecular flexibility index (Phi) is 7.30. The van der Waals surface area contributed by atoms with Crippen LogP contribution in [0.5, 0.6) is 0 Å². The van der Waals surface area contributed by atoms with Crippen molar-refractivity contribution >= 4 is 54.0 Å². The Bertz CT molecular complexity index is 1380. The molecule has 0 aliphatic heterocycles. The van der Waals surface area contributed by atoms with Gasteiger partial charge in [-0.1, -0.05) is 35.1 Å². The van der Waals surface area contributed by atoms with Crippen molar-refractivity contribution in [3.63, 3.8) is 0 Å². The number of nitrogens with zero attached hydrogens (tertiary/aromatic N) is 3. The number of sulfone groups is 1. The molecule has 4 rings (SSSR count). The molecule has 2 aromatic carbocycles. The van der Waals surface area contributed by atoms with E-state index in [-0.39, 0.29) is 29.4 Å². The van der Waals surface area contributed by atoms with Crippen molar-refractivity contribution in [3.05, 3.63) is 82.6 Å². The van der Waals surface area contributed by atoms with E-state index in [0.717, 1.165) is 26.9 Å². The average Bonchev–Trinajstić information content (AvgIpc) is 3.27. The smallest absolute Gasteiger partial charge is 0.229 e. The van der Waals surface area contributed by atoms with Gasteiger partial charge in [0.1, 0.15) is 0 Å². The minimum absolute atomic E-state index is 0.0891. The first-order valence-electron chi connectivity index (χ1n) is 10.8. The summed E-state index contributed by atoms with van der Waals surface area (Å²) in [5.74, 6) is -0.292. The molecule has 6 nitrogen and oxygen atoms in total. The molecule has 2 aromatic heterocycles. The first-order chi connectivity index (χ1) is 16.2. The second kappa shape index (κ2) is 10.2. The number of aryl methyl sites for hydroxylation is 2. The fourth-order valence-corrected chi connectivity index (χ4v) is 6.17. The summed E-state index contributed by atoms with van der Waals surface area (Å²) in [6.45, 7) is 4.37. The number of amides is 1. The first-order valence-corrected chi connectivity index (χ1v) is 13.6. The van der Waals surface area contributed by atoms with Gasteiger partial charge in [-0.15, -0.1) is 0 Å². The number of hydrogen-bond donors (Lipinski definition) is 0. The van der Waals surface area contributed by atoms with Crippen LogP contribution >= 0.6 is 22.9 Å². The quantitative estimate of drug-likeness (QED) is 0.300. The highest BCUT2D eigenvalue weighted by Crippen LogP contribution is 2.34. The summed E-state index contributed by atoms with van der Waals surface area (Å²) < 4.78 is 26.4. The zero-order chi connectivity index (χ0) is 24.3. The van der Waals surface area contributed by atoms with Crippen molar-refractivity contribution in [3.8, 4) is 0 Å². The zero-order valence-corrected chi connectivity index (χ0v) is 21.3. The van der Waals surface area contributed by atoms with Crippen molar-refractivity contribution in [2.24, 2.45) is 0 Å². The highest BCUT2D eigenvalue weighted by atomic mass is 35.5. The SMILES string of the molecule is Cc1ccc(C)c2sc(N(Cc3ccncc3)C(=O)CCCS(=O)(=O)c3ccc(Cl)cc3)nc12. The van der Waals surface area contributed by atoms with Gasteiger partial charge in [0.05, 0.1) is 27.4 Å². The van der Waals surface area contributed by atoms with E-state index in [1.807, 2.05) is 32.0 Å². The van der Waals surface area contributed by atoms with Crippen molar-refractivity contribution in [1.82, 2.24) is 9.97 Å². The summed E-state index contributed by atoms with van der Waals surface area (Å²) in [5, 5.41) is 1.08. The summed E-state index contributed by atoms with van der Waals surface area (Å²) in [6.07, 6.45) is 3.66. The van der Waals surface area contributed by atoms with Crippen LogP contribution in [0.2, 0.25) is 5.02 Å². The van der Waals surface area contributed by atoms with E-state index in [2.05, 4.69) is 11.1 Å². The van der Waals surface area contributed by atoms with Crippen molar-refractivity contribution in [1.29, 1.82) is 0 Å². The Labute approximate surface area is 208 Å². The van der Waals surface area contributed by atoms with Gasteiger partial charge in [0, 0.05) is 23.8 Å².